The standard InChI is InChI=1S/C18H36N2/c1-17(2,15-7-12-19-13-8-15)9-10-18(3,4)16-6-5-11-20-14-16/h15-16,19-20H,5-14H2,1-4H3. The van der Waals surface area contributed by atoms with Crippen LogP contribution in [0.25, 0.3) is 0 Å². The summed E-state index contributed by atoms with van der Waals surface area (Å²) in [5.74, 6) is 1.80. The van der Waals surface area contributed by atoms with Gasteiger partial charge in [-0.25, -0.2) is 0 Å². The molecule has 2 nitrogen and oxygen atoms in total. The topological polar surface area (TPSA) is 24.1 Å². The van der Waals surface area contributed by atoms with Gasteiger partial charge in [0.05, 0.1) is 0 Å². The highest BCUT2D eigenvalue weighted by atomic mass is 14.9. The maximum absolute atomic E-state index is 3.59. The van der Waals surface area contributed by atoms with E-state index in [1.165, 1.54) is 64.7 Å². The fourth-order valence-electron chi connectivity index (χ4n) is 4.17. The molecule has 0 radical (unpaired) electrons. The molecule has 2 rings (SSSR count). The predicted octanol–water partition coefficient (Wildman–Crippen LogP) is 3.82. The van der Waals surface area contributed by atoms with Gasteiger partial charge in [0.1, 0.15) is 0 Å². The summed E-state index contributed by atoms with van der Waals surface area (Å²) in [6.45, 7) is 14.9. The summed E-state index contributed by atoms with van der Waals surface area (Å²) in [6, 6.07) is 0. The fraction of sp³-hybridized carbons (Fsp3) is 1.00. The predicted molar refractivity (Wildman–Crippen MR) is 88.0 cm³/mol. The first kappa shape index (κ1) is 16.3. The highest BCUT2D eigenvalue weighted by Gasteiger charge is 2.35. The lowest BCUT2D eigenvalue weighted by Crippen LogP contribution is -2.40. The highest BCUT2D eigenvalue weighted by molar-refractivity contribution is 4.88. The van der Waals surface area contributed by atoms with Gasteiger partial charge in [-0.3, -0.25) is 0 Å². The molecule has 2 heterocycles. The maximum Gasteiger partial charge on any atom is -0.00154 e. The second kappa shape index (κ2) is 6.79. The van der Waals surface area contributed by atoms with Gasteiger partial charge in [-0.15, -0.1) is 0 Å². The molecule has 20 heavy (non-hydrogen) atoms. The summed E-state index contributed by atoms with van der Waals surface area (Å²) in [6.07, 6.45) is 8.31. The summed E-state index contributed by atoms with van der Waals surface area (Å²) in [5.41, 5.74) is 1.01. The van der Waals surface area contributed by atoms with Crippen LogP contribution in [0.1, 0.15) is 66.2 Å². The fourth-order valence-corrected chi connectivity index (χ4v) is 4.17. The molecule has 0 aromatic carbocycles. The SMILES string of the molecule is CC(C)(CCC(C)(C)C1CCCNC1)C1CCNCC1. The zero-order chi connectivity index (χ0) is 14.6. The lowest BCUT2D eigenvalue weighted by molar-refractivity contribution is 0.0951. The van der Waals surface area contributed by atoms with Gasteiger partial charge in [-0.1, -0.05) is 27.7 Å². The first-order chi connectivity index (χ1) is 9.42. The van der Waals surface area contributed by atoms with E-state index in [0.29, 0.717) is 10.8 Å². The smallest absolute Gasteiger partial charge is 0.00154 e. The van der Waals surface area contributed by atoms with Gasteiger partial charge < -0.3 is 10.6 Å². The van der Waals surface area contributed by atoms with E-state index in [0.717, 1.165) is 11.8 Å². The largest absolute Gasteiger partial charge is 0.317 e. The van der Waals surface area contributed by atoms with Crippen LogP contribution in [0.4, 0.5) is 0 Å². The van der Waals surface area contributed by atoms with Crippen LogP contribution in [0.3, 0.4) is 0 Å². The van der Waals surface area contributed by atoms with Crippen LogP contribution >= 0.6 is 0 Å². The third-order valence-corrected chi connectivity index (χ3v) is 6.26. The van der Waals surface area contributed by atoms with E-state index in [4.69, 9.17) is 0 Å². The molecule has 0 aromatic heterocycles. The molecule has 2 fully saturated rings. The van der Waals surface area contributed by atoms with Crippen molar-refractivity contribution in [3.63, 3.8) is 0 Å². The Morgan fingerprint density at radius 1 is 0.750 bits per heavy atom. The van der Waals surface area contributed by atoms with E-state index in [9.17, 15) is 0 Å². The van der Waals surface area contributed by atoms with Crippen molar-refractivity contribution in [3.05, 3.63) is 0 Å². The molecular weight excluding hydrogens is 244 g/mol. The average Bonchev–Trinajstić information content (AvgIpc) is 2.47. The lowest BCUT2D eigenvalue weighted by Gasteiger charge is -2.42. The molecule has 1 unspecified atom stereocenters. The van der Waals surface area contributed by atoms with Crippen molar-refractivity contribution in [3.8, 4) is 0 Å². The van der Waals surface area contributed by atoms with Gasteiger partial charge in [-0.2, -0.15) is 0 Å². The minimum atomic E-state index is 0.498. The maximum atomic E-state index is 3.59. The van der Waals surface area contributed by atoms with E-state index in [1.807, 2.05) is 0 Å². The van der Waals surface area contributed by atoms with Gasteiger partial charge in [0.15, 0.2) is 0 Å². The van der Waals surface area contributed by atoms with Crippen LogP contribution in [0, 0.1) is 22.7 Å². The zero-order valence-electron chi connectivity index (χ0n) is 14.2. The molecule has 2 N–H and O–H groups in total. The first-order valence-electron chi connectivity index (χ1n) is 8.83. The van der Waals surface area contributed by atoms with Crippen molar-refractivity contribution in [2.24, 2.45) is 22.7 Å². The van der Waals surface area contributed by atoms with Crippen LogP contribution in [-0.2, 0) is 0 Å². The van der Waals surface area contributed by atoms with Gasteiger partial charge in [0, 0.05) is 0 Å². The Labute approximate surface area is 126 Å². The third-order valence-electron chi connectivity index (χ3n) is 6.26. The second-order valence-electron chi connectivity index (χ2n) is 8.54. The van der Waals surface area contributed by atoms with Crippen LogP contribution in [0.15, 0.2) is 0 Å². The second-order valence-corrected chi connectivity index (χ2v) is 8.54. The van der Waals surface area contributed by atoms with Crippen LogP contribution < -0.4 is 10.6 Å². The van der Waals surface area contributed by atoms with Gasteiger partial charge in [0.2, 0.25) is 0 Å². The number of rotatable bonds is 5. The van der Waals surface area contributed by atoms with E-state index in [2.05, 4.69) is 38.3 Å². The number of piperidine rings is 2. The van der Waals surface area contributed by atoms with E-state index >= 15 is 0 Å². The molecule has 2 aliphatic rings. The molecular formula is C18H36N2. The highest BCUT2D eigenvalue weighted by Crippen LogP contribution is 2.43. The van der Waals surface area contributed by atoms with E-state index in [1.54, 1.807) is 0 Å². The third kappa shape index (κ3) is 4.21. The number of hydrogen-bond acceptors (Lipinski definition) is 2. The summed E-state index contributed by atoms with van der Waals surface area (Å²) >= 11 is 0. The van der Waals surface area contributed by atoms with Gasteiger partial charge >= 0.3 is 0 Å². The monoisotopic (exact) mass is 280 g/mol. The van der Waals surface area contributed by atoms with Crippen molar-refractivity contribution >= 4 is 0 Å². The molecule has 0 spiro atoms. The molecule has 2 saturated heterocycles. The van der Waals surface area contributed by atoms with Crippen LogP contribution in [0.2, 0.25) is 0 Å². The molecule has 0 aliphatic carbocycles. The summed E-state index contributed by atoms with van der Waals surface area (Å²) in [7, 11) is 0. The Morgan fingerprint density at radius 3 is 1.90 bits per heavy atom. The van der Waals surface area contributed by atoms with E-state index < -0.39 is 0 Å². The Bertz CT molecular complexity index is 254. The van der Waals surface area contributed by atoms with Crippen molar-refractivity contribution in [2.75, 3.05) is 26.2 Å². The van der Waals surface area contributed by atoms with E-state index in [-0.39, 0.29) is 0 Å². The summed E-state index contributed by atoms with van der Waals surface area (Å²) in [4.78, 5) is 0. The molecule has 1 atom stereocenters. The minimum Gasteiger partial charge on any atom is -0.317 e. The van der Waals surface area contributed by atoms with Crippen molar-refractivity contribution in [1.82, 2.24) is 10.6 Å². The molecule has 0 bridgehead atoms. The normalized spacial score (nSPS) is 26.7. The first-order valence-corrected chi connectivity index (χ1v) is 8.83. The summed E-state index contributed by atoms with van der Waals surface area (Å²) in [5, 5.41) is 7.10. The van der Waals surface area contributed by atoms with Gasteiger partial charge in [0.25, 0.3) is 0 Å². The zero-order valence-corrected chi connectivity index (χ0v) is 14.2. The van der Waals surface area contributed by atoms with Crippen molar-refractivity contribution < 1.29 is 0 Å². The molecule has 2 heteroatoms. The molecule has 0 aromatic rings. The Morgan fingerprint density at radius 2 is 1.35 bits per heavy atom. The summed E-state index contributed by atoms with van der Waals surface area (Å²) < 4.78 is 0. The Balaban J connectivity index is 1.85. The minimum absolute atomic E-state index is 0.498. The molecule has 2 aliphatic heterocycles. The van der Waals surface area contributed by atoms with Crippen LogP contribution in [0.5, 0.6) is 0 Å². The Hall–Kier alpha value is -0.0800. The number of nitrogens with one attached hydrogen (secondary N) is 2. The quantitative estimate of drug-likeness (QED) is 0.800. The van der Waals surface area contributed by atoms with Crippen LogP contribution in [-0.4, -0.2) is 26.2 Å². The lowest BCUT2D eigenvalue weighted by atomic mass is 9.65. The molecule has 118 valence electrons. The molecule has 0 saturated carbocycles. The Kier molecular flexibility index (Phi) is 5.53. The number of hydrogen-bond donors (Lipinski definition) is 2. The van der Waals surface area contributed by atoms with Gasteiger partial charge in [-0.05, 0) is 87.4 Å². The average molecular weight is 280 g/mol. The van der Waals surface area contributed by atoms with Crippen molar-refractivity contribution in [2.45, 2.75) is 66.2 Å². The van der Waals surface area contributed by atoms with Crippen molar-refractivity contribution in [1.29, 1.82) is 0 Å². The molecule has 0 amide bonds.